The molecule has 0 aromatic heterocycles. The summed E-state index contributed by atoms with van der Waals surface area (Å²) in [7, 11) is 0. The number of Topliss-reactive ketones (excluding diaryl/α,β-unsaturated/α-hetero) is 1. The third-order valence-electron chi connectivity index (χ3n) is 2.59. The lowest BCUT2D eigenvalue weighted by molar-refractivity contribution is 0.101. The molecule has 0 amide bonds. The summed E-state index contributed by atoms with van der Waals surface area (Å²) >= 11 is 6.08. The van der Waals surface area contributed by atoms with Crippen molar-refractivity contribution in [3.8, 4) is 11.5 Å². The Morgan fingerprint density at radius 3 is 2.33 bits per heavy atom. The fourth-order valence-electron chi connectivity index (χ4n) is 1.54. The summed E-state index contributed by atoms with van der Waals surface area (Å²) in [5, 5.41) is 0.434. The molecule has 0 spiro atoms. The van der Waals surface area contributed by atoms with Crippen LogP contribution in [0.3, 0.4) is 0 Å². The van der Waals surface area contributed by atoms with Crippen molar-refractivity contribution in [1.29, 1.82) is 0 Å². The minimum absolute atomic E-state index is 0.0150. The summed E-state index contributed by atoms with van der Waals surface area (Å²) in [6, 6.07) is 12.7. The summed E-state index contributed by atoms with van der Waals surface area (Å²) in [5.41, 5.74) is 1.75. The maximum atomic E-state index is 11.2. The van der Waals surface area contributed by atoms with Crippen molar-refractivity contribution in [1.82, 2.24) is 0 Å². The predicted molar refractivity (Wildman–Crippen MR) is 72.7 cm³/mol. The first kappa shape index (κ1) is 12.7. The van der Waals surface area contributed by atoms with Crippen LogP contribution >= 0.6 is 11.6 Å². The van der Waals surface area contributed by atoms with Crippen LogP contribution in [0.1, 0.15) is 22.8 Å². The van der Waals surface area contributed by atoms with E-state index in [1.54, 1.807) is 18.2 Å². The second-order valence-corrected chi connectivity index (χ2v) is 4.52. The number of hydrogen-bond donors (Lipinski definition) is 0. The third-order valence-corrected chi connectivity index (χ3v) is 2.88. The first-order valence-electron chi connectivity index (χ1n) is 5.61. The Morgan fingerprint density at radius 1 is 1.11 bits per heavy atom. The Bertz CT molecular complexity index is 574. The van der Waals surface area contributed by atoms with Gasteiger partial charge in [0, 0.05) is 5.56 Å². The number of carbonyl (C=O) groups is 1. The number of benzene rings is 2. The monoisotopic (exact) mass is 260 g/mol. The standard InChI is InChI=1S/C15H13ClO2/c1-10-3-6-13(7-4-10)18-15-8-5-12(11(2)17)9-14(15)16/h3-9H,1-2H3. The van der Waals surface area contributed by atoms with Crippen LogP contribution in [0.25, 0.3) is 0 Å². The molecule has 0 aliphatic heterocycles. The van der Waals surface area contributed by atoms with Gasteiger partial charge in [-0.1, -0.05) is 29.3 Å². The van der Waals surface area contributed by atoms with Crippen LogP contribution in [0.4, 0.5) is 0 Å². The van der Waals surface area contributed by atoms with E-state index in [0.29, 0.717) is 16.3 Å². The summed E-state index contributed by atoms with van der Waals surface area (Å²) in [6.45, 7) is 3.52. The molecule has 0 N–H and O–H groups in total. The molecule has 0 saturated heterocycles. The second-order valence-electron chi connectivity index (χ2n) is 4.12. The first-order valence-corrected chi connectivity index (χ1v) is 5.99. The topological polar surface area (TPSA) is 26.3 Å². The summed E-state index contributed by atoms with van der Waals surface area (Å²) < 4.78 is 5.66. The molecule has 0 atom stereocenters. The van der Waals surface area contributed by atoms with Crippen molar-refractivity contribution in [3.05, 3.63) is 58.6 Å². The van der Waals surface area contributed by atoms with Gasteiger partial charge in [0.05, 0.1) is 5.02 Å². The number of halogens is 1. The predicted octanol–water partition coefficient (Wildman–Crippen LogP) is 4.64. The summed E-state index contributed by atoms with van der Waals surface area (Å²) in [6.07, 6.45) is 0. The average molecular weight is 261 g/mol. The summed E-state index contributed by atoms with van der Waals surface area (Å²) in [5.74, 6) is 1.25. The highest BCUT2D eigenvalue weighted by Crippen LogP contribution is 2.30. The van der Waals surface area contributed by atoms with Crippen molar-refractivity contribution in [2.75, 3.05) is 0 Å². The van der Waals surface area contributed by atoms with Crippen LogP contribution in [0.2, 0.25) is 5.02 Å². The van der Waals surface area contributed by atoms with E-state index >= 15 is 0 Å². The molecule has 3 heteroatoms. The highest BCUT2D eigenvalue weighted by molar-refractivity contribution is 6.32. The number of hydrogen-bond acceptors (Lipinski definition) is 2. The van der Waals surface area contributed by atoms with Crippen molar-refractivity contribution in [2.45, 2.75) is 13.8 Å². The molecule has 18 heavy (non-hydrogen) atoms. The van der Waals surface area contributed by atoms with Crippen molar-refractivity contribution < 1.29 is 9.53 Å². The summed E-state index contributed by atoms with van der Waals surface area (Å²) in [4.78, 5) is 11.2. The maximum Gasteiger partial charge on any atom is 0.159 e. The fourth-order valence-corrected chi connectivity index (χ4v) is 1.75. The van der Waals surface area contributed by atoms with Gasteiger partial charge < -0.3 is 4.74 Å². The lowest BCUT2D eigenvalue weighted by Crippen LogP contribution is -1.93. The Kier molecular flexibility index (Phi) is 3.68. The molecule has 0 heterocycles. The van der Waals surface area contributed by atoms with Crippen LogP contribution in [-0.4, -0.2) is 5.78 Å². The Morgan fingerprint density at radius 2 is 1.78 bits per heavy atom. The maximum absolute atomic E-state index is 11.2. The zero-order valence-corrected chi connectivity index (χ0v) is 11.0. The first-order chi connectivity index (χ1) is 8.56. The van der Waals surface area contributed by atoms with E-state index in [-0.39, 0.29) is 5.78 Å². The average Bonchev–Trinajstić information content (AvgIpc) is 2.34. The molecule has 0 fully saturated rings. The van der Waals surface area contributed by atoms with Crippen molar-refractivity contribution >= 4 is 17.4 Å². The van der Waals surface area contributed by atoms with Gasteiger partial charge in [0.1, 0.15) is 11.5 Å². The number of ether oxygens (including phenoxy) is 1. The quantitative estimate of drug-likeness (QED) is 0.752. The lowest BCUT2D eigenvalue weighted by atomic mass is 10.1. The van der Waals surface area contributed by atoms with Gasteiger partial charge in [0.15, 0.2) is 5.78 Å². The highest BCUT2D eigenvalue weighted by atomic mass is 35.5. The van der Waals surface area contributed by atoms with Gasteiger partial charge >= 0.3 is 0 Å². The lowest BCUT2D eigenvalue weighted by Gasteiger charge is -2.08. The van der Waals surface area contributed by atoms with Gasteiger partial charge in [-0.3, -0.25) is 4.79 Å². The zero-order valence-electron chi connectivity index (χ0n) is 10.2. The number of ketones is 1. The molecule has 2 aromatic rings. The van der Waals surface area contributed by atoms with Gasteiger partial charge in [-0.2, -0.15) is 0 Å². The Labute approximate surface area is 111 Å². The van der Waals surface area contributed by atoms with E-state index in [0.717, 1.165) is 5.75 Å². The molecule has 0 saturated carbocycles. The van der Waals surface area contributed by atoms with E-state index in [1.165, 1.54) is 12.5 Å². The smallest absolute Gasteiger partial charge is 0.159 e. The molecule has 0 bridgehead atoms. The number of rotatable bonds is 3. The normalized spacial score (nSPS) is 10.2. The van der Waals surface area contributed by atoms with E-state index in [1.807, 2.05) is 31.2 Å². The van der Waals surface area contributed by atoms with Crippen LogP contribution < -0.4 is 4.74 Å². The van der Waals surface area contributed by atoms with E-state index < -0.39 is 0 Å². The molecular weight excluding hydrogens is 248 g/mol. The number of aryl methyl sites for hydroxylation is 1. The molecule has 2 nitrogen and oxygen atoms in total. The Hall–Kier alpha value is -1.80. The molecule has 0 radical (unpaired) electrons. The fraction of sp³-hybridized carbons (Fsp3) is 0.133. The minimum atomic E-state index is -0.0150. The van der Waals surface area contributed by atoms with Crippen molar-refractivity contribution in [3.63, 3.8) is 0 Å². The Balaban J connectivity index is 2.24. The SMILES string of the molecule is CC(=O)c1ccc(Oc2ccc(C)cc2)c(Cl)c1. The van der Waals surface area contributed by atoms with Gasteiger partial charge in [-0.05, 0) is 44.2 Å². The van der Waals surface area contributed by atoms with Gasteiger partial charge in [-0.15, -0.1) is 0 Å². The molecule has 0 unspecified atom stereocenters. The zero-order chi connectivity index (χ0) is 13.1. The van der Waals surface area contributed by atoms with Crippen molar-refractivity contribution in [2.24, 2.45) is 0 Å². The highest BCUT2D eigenvalue weighted by Gasteiger charge is 2.06. The van der Waals surface area contributed by atoms with E-state index in [9.17, 15) is 4.79 Å². The molecule has 2 aromatic carbocycles. The molecule has 0 aliphatic rings. The molecule has 0 aliphatic carbocycles. The molecule has 92 valence electrons. The van der Waals surface area contributed by atoms with E-state index in [2.05, 4.69) is 0 Å². The van der Waals surface area contributed by atoms with Gasteiger partial charge in [-0.25, -0.2) is 0 Å². The molecule has 2 rings (SSSR count). The van der Waals surface area contributed by atoms with Crippen LogP contribution in [0.15, 0.2) is 42.5 Å². The van der Waals surface area contributed by atoms with Gasteiger partial charge in [0.25, 0.3) is 0 Å². The van der Waals surface area contributed by atoms with Crippen LogP contribution in [-0.2, 0) is 0 Å². The third kappa shape index (κ3) is 2.90. The largest absolute Gasteiger partial charge is 0.456 e. The second kappa shape index (κ2) is 5.23. The number of carbonyl (C=O) groups excluding carboxylic acids is 1. The van der Waals surface area contributed by atoms with E-state index in [4.69, 9.17) is 16.3 Å². The van der Waals surface area contributed by atoms with Crippen LogP contribution in [0, 0.1) is 6.92 Å². The van der Waals surface area contributed by atoms with Crippen LogP contribution in [0.5, 0.6) is 11.5 Å². The van der Waals surface area contributed by atoms with Gasteiger partial charge in [0.2, 0.25) is 0 Å². The minimum Gasteiger partial charge on any atom is -0.456 e. The molecular formula is C15H13ClO2.